The summed E-state index contributed by atoms with van der Waals surface area (Å²) in [6.07, 6.45) is 0. The number of furan rings is 1. The van der Waals surface area contributed by atoms with Gasteiger partial charge in [0.25, 0.3) is 0 Å². The van der Waals surface area contributed by atoms with Gasteiger partial charge in [0.15, 0.2) is 0 Å². The number of hydrogen-bond donors (Lipinski definition) is 0. The smallest absolute Gasteiger partial charge is 0.136 e. The van der Waals surface area contributed by atoms with Gasteiger partial charge in [0, 0.05) is 10.8 Å². The number of hydrogen-bond acceptors (Lipinski definition) is 1. The number of fused-ring (bicyclic) bond motifs is 14. The van der Waals surface area contributed by atoms with E-state index in [9.17, 15) is 0 Å². The van der Waals surface area contributed by atoms with Crippen molar-refractivity contribution in [3.63, 3.8) is 0 Å². The maximum atomic E-state index is 6.40. The monoisotopic (exact) mass is 732 g/mol. The van der Waals surface area contributed by atoms with Crippen molar-refractivity contribution in [3.8, 4) is 44.5 Å². The second-order valence-electron chi connectivity index (χ2n) is 16.3. The number of benzene rings is 11. The summed E-state index contributed by atoms with van der Waals surface area (Å²) >= 11 is 0. The van der Waals surface area contributed by atoms with Crippen LogP contribution in [0.1, 0.15) is 22.3 Å². The fourth-order valence-corrected chi connectivity index (χ4v) is 11.2. The summed E-state index contributed by atoms with van der Waals surface area (Å²) < 4.78 is 6.40. The summed E-state index contributed by atoms with van der Waals surface area (Å²) in [6.45, 7) is 0. The van der Waals surface area contributed by atoms with Crippen molar-refractivity contribution in [2.75, 3.05) is 0 Å². The van der Waals surface area contributed by atoms with E-state index >= 15 is 0 Å². The van der Waals surface area contributed by atoms with E-state index in [1.807, 2.05) is 6.07 Å². The Morgan fingerprint density at radius 1 is 0.276 bits per heavy atom. The number of para-hydroxylation sites is 1. The molecule has 1 heterocycles. The quantitative estimate of drug-likeness (QED) is 0.161. The van der Waals surface area contributed by atoms with Crippen molar-refractivity contribution in [1.29, 1.82) is 0 Å². The Morgan fingerprint density at radius 3 is 1.67 bits per heavy atom. The van der Waals surface area contributed by atoms with E-state index in [1.54, 1.807) is 0 Å². The van der Waals surface area contributed by atoms with Gasteiger partial charge in [-0.1, -0.05) is 158 Å². The van der Waals surface area contributed by atoms with E-state index in [2.05, 4.69) is 188 Å². The second-order valence-corrected chi connectivity index (χ2v) is 16.3. The van der Waals surface area contributed by atoms with Crippen LogP contribution in [0.3, 0.4) is 0 Å². The normalized spacial score (nSPS) is 13.7. The van der Waals surface area contributed by atoms with Crippen molar-refractivity contribution in [3.05, 3.63) is 216 Å². The van der Waals surface area contributed by atoms with Gasteiger partial charge in [-0.2, -0.15) is 0 Å². The SMILES string of the molecule is c1ccc2c(c1)-c1ccccc1C21c2cc(-c3ccc4ccc5cccc6ccc3c4c56)ccc2-c2cc3cccc(-c4ccc5c(c4)oc4ccccc45)c3cc21. The molecule has 12 aromatic rings. The van der Waals surface area contributed by atoms with E-state index in [4.69, 9.17) is 4.42 Å². The lowest BCUT2D eigenvalue weighted by atomic mass is 9.70. The van der Waals surface area contributed by atoms with Gasteiger partial charge in [0.2, 0.25) is 0 Å². The third-order valence-corrected chi connectivity index (χ3v) is 13.6. The first-order chi connectivity index (χ1) is 28.7. The van der Waals surface area contributed by atoms with Gasteiger partial charge in [-0.05, 0) is 146 Å². The molecular formula is C57H32O. The Balaban J connectivity index is 1.05. The highest BCUT2D eigenvalue weighted by Gasteiger charge is 2.51. The maximum absolute atomic E-state index is 6.40. The lowest BCUT2D eigenvalue weighted by Crippen LogP contribution is -2.26. The molecule has 58 heavy (non-hydrogen) atoms. The molecule has 14 rings (SSSR count). The van der Waals surface area contributed by atoms with Crippen LogP contribution in [0.2, 0.25) is 0 Å². The predicted octanol–water partition coefficient (Wildman–Crippen LogP) is 15.3. The van der Waals surface area contributed by atoms with Gasteiger partial charge >= 0.3 is 0 Å². The Hall–Kier alpha value is -7.48. The van der Waals surface area contributed by atoms with Crippen molar-refractivity contribution in [1.82, 2.24) is 0 Å². The highest BCUT2D eigenvalue weighted by molar-refractivity contribution is 6.25. The molecule has 0 saturated heterocycles. The van der Waals surface area contributed by atoms with Crippen LogP contribution in [0.15, 0.2) is 199 Å². The van der Waals surface area contributed by atoms with Gasteiger partial charge in [0.1, 0.15) is 11.2 Å². The summed E-state index contributed by atoms with van der Waals surface area (Å²) in [4.78, 5) is 0. The van der Waals surface area contributed by atoms with Crippen molar-refractivity contribution >= 4 is 65.0 Å². The molecule has 1 nitrogen and oxygen atoms in total. The zero-order valence-corrected chi connectivity index (χ0v) is 31.4. The van der Waals surface area contributed by atoms with Crippen LogP contribution in [0.4, 0.5) is 0 Å². The summed E-state index contributed by atoms with van der Waals surface area (Å²) in [5, 5.41) is 12.7. The highest BCUT2D eigenvalue weighted by atomic mass is 16.3. The fourth-order valence-electron chi connectivity index (χ4n) is 11.2. The van der Waals surface area contributed by atoms with Gasteiger partial charge in [-0.3, -0.25) is 0 Å². The van der Waals surface area contributed by atoms with E-state index in [0.717, 1.165) is 27.5 Å². The minimum Gasteiger partial charge on any atom is -0.456 e. The van der Waals surface area contributed by atoms with Crippen LogP contribution in [-0.4, -0.2) is 0 Å². The molecule has 0 aliphatic heterocycles. The fraction of sp³-hybridized carbons (Fsp3) is 0.0175. The first-order valence-corrected chi connectivity index (χ1v) is 20.2. The molecule has 2 aliphatic rings. The largest absolute Gasteiger partial charge is 0.456 e. The van der Waals surface area contributed by atoms with Crippen molar-refractivity contribution in [2.45, 2.75) is 5.41 Å². The average molecular weight is 733 g/mol. The summed E-state index contributed by atoms with van der Waals surface area (Å²) in [7, 11) is 0. The minimum absolute atomic E-state index is 0.484. The maximum Gasteiger partial charge on any atom is 0.136 e. The molecule has 0 atom stereocenters. The van der Waals surface area contributed by atoms with Crippen LogP contribution in [0, 0.1) is 0 Å². The molecule has 1 heteroatoms. The third-order valence-electron chi connectivity index (χ3n) is 13.6. The van der Waals surface area contributed by atoms with Gasteiger partial charge < -0.3 is 4.42 Å². The molecule has 1 aromatic heterocycles. The van der Waals surface area contributed by atoms with Gasteiger partial charge in [-0.25, -0.2) is 0 Å². The zero-order valence-electron chi connectivity index (χ0n) is 31.4. The Morgan fingerprint density at radius 2 is 0.828 bits per heavy atom. The molecule has 0 radical (unpaired) electrons. The molecular weight excluding hydrogens is 701 g/mol. The zero-order chi connectivity index (χ0) is 37.7. The van der Waals surface area contributed by atoms with E-state index < -0.39 is 5.41 Å². The van der Waals surface area contributed by atoms with Crippen molar-refractivity contribution in [2.24, 2.45) is 0 Å². The molecule has 266 valence electrons. The summed E-state index contributed by atoms with van der Waals surface area (Å²) in [6, 6.07) is 72.8. The van der Waals surface area contributed by atoms with Gasteiger partial charge in [0.05, 0.1) is 5.41 Å². The molecule has 1 spiro atoms. The molecule has 0 fully saturated rings. The Kier molecular flexibility index (Phi) is 5.76. The standard InChI is InChI=1S/C57H32O/c1-4-16-49-41(12-1)42-13-2-5-17-50(42)57(49)51-30-37(40-25-21-35-20-19-33-9-7-10-34-22-28-46(40)56(35)55(33)34)23-26-43(51)48-29-36-11-8-15-39(47(36)32-52(48)57)38-24-27-45-44-14-3-6-18-53(44)58-54(45)31-38/h1-32H. The average Bonchev–Trinajstić information content (AvgIpc) is 3.90. The lowest BCUT2D eigenvalue weighted by Gasteiger charge is -2.31. The topological polar surface area (TPSA) is 13.1 Å². The van der Waals surface area contributed by atoms with Crippen LogP contribution in [0.25, 0.3) is 110 Å². The van der Waals surface area contributed by atoms with Gasteiger partial charge in [-0.15, -0.1) is 0 Å². The summed E-state index contributed by atoms with van der Waals surface area (Å²) in [5.74, 6) is 0. The van der Waals surface area contributed by atoms with E-state index in [0.29, 0.717) is 0 Å². The molecule has 2 aliphatic carbocycles. The van der Waals surface area contributed by atoms with E-state index in [-0.39, 0.29) is 0 Å². The molecule has 11 aromatic carbocycles. The predicted molar refractivity (Wildman–Crippen MR) is 242 cm³/mol. The Labute approximate surface area is 334 Å². The first-order valence-electron chi connectivity index (χ1n) is 20.2. The van der Waals surface area contributed by atoms with Crippen LogP contribution in [-0.2, 0) is 5.41 Å². The molecule has 0 unspecified atom stereocenters. The second kappa shape index (κ2) is 10.9. The van der Waals surface area contributed by atoms with Crippen LogP contribution >= 0.6 is 0 Å². The highest BCUT2D eigenvalue weighted by Crippen LogP contribution is 2.64. The van der Waals surface area contributed by atoms with Crippen molar-refractivity contribution < 1.29 is 4.42 Å². The van der Waals surface area contributed by atoms with Crippen LogP contribution < -0.4 is 0 Å². The summed E-state index contributed by atoms with van der Waals surface area (Å²) in [5.41, 5.74) is 16.9. The molecule has 0 N–H and O–H groups in total. The lowest BCUT2D eigenvalue weighted by molar-refractivity contribution is 0.669. The van der Waals surface area contributed by atoms with Crippen LogP contribution in [0.5, 0.6) is 0 Å². The molecule has 0 bridgehead atoms. The first kappa shape index (κ1) is 30.7. The van der Waals surface area contributed by atoms with E-state index in [1.165, 1.54) is 104 Å². The Bertz CT molecular complexity index is 3690. The minimum atomic E-state index is -0.484. The molecule has 0 amide bonds. The third kappa shape index (κ3) is 3.77. The number of rotatable bonds is 2. The molecule has 0 saturated carbocycles.